The van der Waals surface area contributed by atoms with E-state index in [4.69, 9.17) is 21.4 Å². The summed E-state index contributed by atoms with van der Waals surface area (Å²) in [6.07, 6.45) is 3.70. The van der Waals surface area contributed by atoms with Crippen LogP contribution in [0.1, 0.15) is 36.9 Å². The van der Waals surface area contributed by atoms with E-state index < -0.39 is 0 Å². The lowest BCUT2D eigenvalue weighted by molar-refractivity contribution is -0.119. The molecule has 1 amide bonds. The van der Waals surface area contributed by atoms with E-state index in [1.165, 1.54) is 11.3 Å². The molecule has 1 aromatic heterocycles. The second-order valence-electron chi connectivity index (χ2n) is 9.39. The molecule has 0 spiro atoms. The van der Waals surface area contributed by atoms with Gasteiger partial charge in [0.1, 0.15) is 5.02 Å². The fraction of sp³-hybridized carbons (Fsp3) is 0.583. The van der Waals surface area contributed by atoms with E-state index in [9.17, 15) is 4.79 Å². The topological polar surface area (TPSA) is 53.8 Å². The Balaban J connectivity index is 1.47. The smallest absolute Gasteiger partial charge is 0.230 e. The molecule has 32 heavy (non-hydrogen) atoms. The molecule has 5 rings (SSSR count). The van der Waals surface area contributed by atoms with Crippen LogP contribution in [0.5, 0.6) is 0 Å². The van der Waals surface area contributed by atoms with Crippen LogP contribution in [0.15, 0.2) is 24.3 Å². The van der Waals surface area contributed by atoms with Gasteiger partial charge in [0.15, 0.2) is 5.82 Å². The molecule has 1 aliphatic carbocycles. The highest BCUT2D eigenvalue weighted by Crippen LogP contribution is 2.52. The fourth-order valence-corrected chi connectivity index (χ4v) is 5.56. The van der Waals surface area contributed by atoms with Crippen LogP contribution < -0.4 is 9.80 Å². The molecule has 1 aromatic carbocycles. The summed E-state index contributed by atoms with van der Waals surface area (Å²) in [5.41, 5.74) is 3.27. The number of aromatic nitrogens is 2. The van der Waals surface area contributed by atoms with Gasteiger partial charge in [0.2, 0.25) is 5.91 Å². The summed E-state index contributed by atoms with van der Waals surface area (Å²) in [5, 5.41) is 5.64. The molecule has 3 heterocycles. The van der Waals surface area contributed by atoms with Crippen molar-refractivity contribution >= 4 is 29.0 Å². The number of ether oxygens (including phenoxy) is 1. The third-order valence-electron chi connectivity index (χ3n) is 7.19. The molecule has 3 aliphatic rings. The highest BCUT2D eigenvalue weighted by atomic mass is 35.5. The average Bonchev–Trinajstić information content (AvgIpc) is 3.10. The van der Waals surface area contributed by atoms with Gasteiger partial charge in [-0.3, -0.25) is 9.69 Å². The molecule has 0 radical (unpaired) electrons. The molecule has 0 bridgehead atoms. The van der Waals surface area contributed by atoms with E-state index in [-0.39, 0.29) is 11.3 Å². The van der Waals surface area contributed by atoms with Crippen molar-refractivity contribution in [3.05, 3.63) is 40.5 Å². The van der Waals surface area contributed by atoms with Gasteiger partial charge in [-0.1, -0.05) is 30.2 Å². The number of rotatable bonds is 6. The van der Waals surface area contributed by atoms with Crippen LogP contribution in [0, 0.1) is 0 Å². The first-order chi connectivity index (χ1) is 15.5. The number of hydrogen-bond acceptors (Lipinski definition) is 5. The lowest BCUT2D eigenvalue weighted by Gasteiger charge is -2.41. The summed E-state index contributed by atoms with van der Waals surface area (Å²) >= 11 is 7.00. The van der Waals surface area contributed by atoms with E-state index in [0.29, 0.717) is 24.5 Å². The Hall–Kier alpha value is -2.09. The number of anilines is 2. The van der Waals surface area contributed by atoms with Crippen molar-refractivity contribution in [1.29, 1.82) is 0 Å². The van der Waals surface area contributed by atoms with E-state index in [1.807, 2.05) is 23.7 Å². The van der Waals surface area contributed by atoms with E-state index >= 15 is 0 Å². The number of morpholine rings is 1. The number of carbonyl (C=O) groups is 1. The van der Waals surface area contributed by atoms with Crippen molar-refractivity contribution < 1.29 is 9.53 Å². The number of nitrogens with zero attached hydrogens (tertiary/aromatic N) is 5. The monoisotopic (exact) mass is 457 g/mol. The van der Waals surface area contributed by atoms with Gasteiger partial charge in [-0.05, 0) is 44.6 Å². The highest BCUT2D eigenvalue weighted by Gasteiger charge is 2.46. The molecule has 2 aromatic rings. The SMILES string of the molecule is CN(C)CCN1C(=O)CCn2nc(C3(c4ccc(N5CCOCC5)cc4)CCC3)c(Cl)c21. The largest absolute Gasteiger partial charge is 0.378 e. The van der Waals surface area contributed by atoms with Crippen LogP contribution in [0.3, 0.4) is 0 Å². The molecule has 0 unspecified atom stereocenters. The Morgan fingerprint density at radius 1 is 1.12 bits per heavy atom. The molecule has 2 aliphatic heterocycles. The summed E-state index contributed by atoms with van der Waals surface area (Å²) in [4.78, 5) is 19.0. The zero-order chi connectivity index (χ0) is 22.3. The van der Waals surface area contributed by atoms with Crippen LogP contribution in [0.2, 0.25) is 5.02 Å². The molecular weight excluding hydrogens is 426 g/mol. The molecule has 2 fully saturated rings. The number of benzene rings is 1. The second-order valence-corrected chi connectivity index (χ2v) is 9.77. The van der Waals surface area contributed by atoms with Gasteiger partial charge in [-0.15, -0.1) is 0 Å². The number of hydrogen-bond donors (Lipinski definition) is 0. The van der Waals surface area contributed by atoms with Gasteiger partial charge in [0.25, 0.3) is 0 Å². The molecule has 1 saturated carbocycles. The minimum Gasteiger partial charge on any atom is -0.378 e. The minimum atomic E-state index is -0.165. The first-order valence-electron chi connectivity index (χ1n) is 11.6. The van der Waals surface area contributed by atoms with Crippen molar-refractivity contribution in [2.24, 2.45) is 0 Å². The predicted molar refractivity (Wildman–Crippen MR) is 127 cm³/mol. The van der Waals surface area contributed by atoms with Crippen LogP contribution in [0.25, 0.3) is 0 Å². The Labute approximate surface area is 194 Å². The van der Waals surface area contributed by atoms with Crippen LogP contribution in [-0.4, -0.2) is 74.1 Å². The normalized spacial score (nSPS) is 20.4. The zero-order valence-electron chi connectivity index (χ0n) is 19.0. The van der Waals surface area contributed by atoms with E-state index in [2.05, 4.69) is 34.1 Å². The maximum atomic E-state index is 12.7. The van der Waals surface area contributed by atoms with Crippen LogP contribution >= 0.6 is 11.6 Å². The number of halogens is 1. The van der Waals surface area contributed by atoms with Crippen LogP contribution in [0.4, 0.5) is 11.5 Å². The Kier molecular flexibility index (Phi) is 5.90. The highest BCUT2D eigenvalue weighted by molar-refractivity contribution is 6.34. The molecule has 0 N–H and O–H groups in total. The summed E-state index contributed by atoms with van der Waals surface area (Å²) < 4.78 is 7.44. The van der Waals surface area contributed by atoms with E-state index in [1.54, 1.807) is 0 Å². The summed E-state index contributed by atoms with van der Waals surface area (Å²) in [6.45, 7) is 5.43. The first kappa shape index (κ1) is 21.7. The third-order valence-corrected chi connectivity index (χ3v) is 7.54. The zero-order valence-corrected chi connectivity index (χ0v) is 19.8. The van der Waals surface area contributed by atoms with Crippen molar-refractivity contribution in [3.8, 4) is 0 Å². The van der Waals surface area contributed by atoms with Crippen molar-refractivity contribution in [2.75, 3.05) is 63.3 Å². The fourth-order valence-electron chi connectivity index (χ4n) is 5.14. The maximum absolute atomic E-state index is 12.7. The van der Waals surface area contributed by atoms with Crippen LogP contribution in [-0.2, 0) is 21.5 Å². The van der Waals surface area contributed by atoms with E-state index in [0.717, 1.165) is 63.6 Å². The third kappa shape index (κ3) is 3.70. The van der Waals surface area contributed by atoms with Crippen molar-refractivity contribution in [2.45, 2.75) is 37.6 Å². The molecule has 7 nitrogen and oxygen atoms in total. The number of carbonyl (C=O) groups excluding carboxylic acids is 1. The number of likely N-dealkylation sites (N-methyl/N-ethyl adjacent to an activating group) is 1. The summed E-state index contributed by atoms with van der Waals surface area (Å²) in [5.74, 6) is 0.904. The Morgan fingerprint density at radius 2 is 1.84 bits per heavy atom. The second kappa shape index (κ2) is 8.69. The van der Waals surface area contributed by atoms with Gasteiger partial charge < -0.3 is 14.5 Å². The summed E-state index contributed by atoms with van der Waals surface area (Å²) in [6, 6.07) is 8.93. The Bertz CT molecular complexity index is 977. The lowest BCUT2D eigenvalue weighted by atomic mass is 9.62. The summed E-state index contributed by atoms with van der Waals surface area (Å²) in [7, 11) is 4.03. The molecule has 0 atom stereocenters. The van der Waals surface area contributed by atoms with Crippen molar-refractivity contribution in [3.63, 3.8) is 0 Å². The van der Waals surface area contributed by atoms with Gasteiger partial charge in [0, 0.05) is 43.7 Å². The lowest BCUT2D eigenvalue weighted by Crippen LogP contribution is -2.41. The van der Waals surface area contributed by atoms with Gasteiger partial charge >= 0.3 is 0 Å². The molecule has 1 saturated heterocycles. The van der Waals surface area contributed by atoms with Crippen molar-refractivity contribution in [1.82, 2.24) is 14.7 Å². The van der Waals surface area contributed by atoms with Gasteiger partial charge in [-0.25, -0.2) is 4.68 Å². The average molecular weight is 458 g/mol. The molecular formula is C24H32ClN5O2. The first-order valence-corrected chi connectivity index (χ1v) is 12.0. The standard InChI is InChI=1S/C24H32ClN5O2/c1-27(2)12-13-29-20(31)8-11-30-23(29)21(25)22(26-30)24(9-3-10-24)18-4-6-19(7-5-18)28-14-16-32-17-15-28/h4-7H,3,8-17H2,1-2H3. The predicted octanol–water partition coefficient (Wildman–Crippen LogP) is 3.14. The number of aryl methyl sites for hydroxylation is 1. The maximum Gasteiger partial charge on any atom is 0.230 e. The van der Waals surface area contributed by atoms with Gasteiger partial charge in [-0.2, -0.15) is 5.10 Å². The molecule has 172 valence electrons. The molecule has 8 heteroatoms. The number of fused-ring (bicyclic) bond motifs is 1. The number of amides is 1. The van der Waals surface area contributed by atoms with Gasteiger partial charge in [0.05, 0.1) is 25.5 Å². The quantitative estimate of drug-likeness (QED) is 0.667. The minimum absolute atomic E-state index is 0.130. The Morgan fingerprint density at radius 3 is 2.47 bits per heavy atom.